The van der Waals surface area contributed by atoms with Gasteiger partial charge in [-0.2, -0.15) is 0 Å². The minimum Gasteiger partial charge on any atom is -0.387 e. The van der Waals surface area contributed by atoms with Crippen LogP contribution in [0.2, 0.25) is 0 Å². The van der Waals surface area contributed by atoms with E-state index in [-0.39, 0.29) is 0 Å². The van der Waals surface area contributed by atoms with Crippen LogP contribution < -0.4 is 5.73 Å². The Balaban J connectivity index is 2.35. The standard InChI is InChI=1S/C9H19N3/c1-2-5-12-6-3-4-8(7-12)9(10)11/h8H,2-7H2,1H3,(H3,10,11). The number of rotatable bonds is 3. The van der Waals surface area contributed by atoms with Gasteiger partial charge in [-0.25, -0.2) is 0 Å². The lowest BCUT2D eigenvalue weighted by Gasteiger charge is -2.31. The zero-order chi connectivity index (χ0) is 8.97. The lowest BCUT2D eigenvalue weighted by molar-refractivity contribution is 0.204. The molecular weight excluding hydrogens is 150 g/mol. The molecule has 1 saturated heterocycles. The Labute approximate surface area is 74.4 Å². The van der Waals surface area contributed by atoms with E-state index in [1.54, 1.807) is 0 Å². The molecule has 1 rings (SSSR count). The molecule has 0 aromatic rings. The van der Waals surface area contributed by atoms with Crippen molar-refractivity contribution < 1.29 is 0 Å². The molecule has 0 radical (unpaired) electrons. The molecule has 1 aliphatic heterocycles. The van der Waals surface area contributed by atoms with Gasteiger partial charge >= 0.3 is 0 Å². The van der Waals surface area contributed by atoms with Gasteiger partial charge < -0.3 is 10.6 Å². The molecule has 3 heteroatoms. The molecule has 1 unspecified atom stereocenters. The highest BCUT2D eigenvalue weighted by atomic mass is 15.1. The average Bonchev–Trinajstić information content (AvgIpc) is 2.05. The molecule has 12 heavy (non-hydrogen) atoms. The van der Waals surface area contributed by atoms with Gasteiger partial charge in [0.05, 0.1) is 5.84 Å². The highest BCUT2D eigenvalue weighted by Crippen LogP contribution is 2.15. The zero-order valence-electron chi connectivity index (χ0n) is 7.84. The number of likely N-dealkylation sites (tertiary alicyclic amines) is 1. The Kier molecular flexibility index (Phi) is 3.53. The number of piperidine rings is 1. The quantitative estimate of drug-likeness (QED) is 0.490. The Morgan fingerprint density at radius 3 is 3.00 bits per heavy atom. The predicted octanol–water partition coefficient (Wildman–Crippen LogP) is 1.04. The molecule has 0 bridgehead atoms. The third kappa shape index (κ3) is 2.48. The molecule has 0 aromatic heterocycles. The molecule has 1 aliphatic rings. The monoisotopic (exact) mass is 169 g/mol. The first-order chi connectivity index (χ1) is 5.74. The highest BCUT2D eigenvalue weighted by molar-refractivity contribution is 5.79. The van der Waals surface area contributed by atoms with Crippen LogP contribution in [0.4, 0.5) is 0 Å². The van der Waals surface area contributed by atoms with Gasteiger partial charge in [-0.1, -0.05) is 6.92 Å². The summed E-state index contributed by atoms with van der Waals surface area (Å²) >= 11 is 0. The summed E-state index contributed by atoms with van der Waals surface area (Å²) in [4.78, 5) is 2.41. The molecule has 0 spiro atoms. The van der Waals surface area contributed by atoms with E-state index in [2.05, 4.69) is 11.8 Å². The van der Waals surface area contributed by atoms with Crippen LogP contribution in [0.5, 0.6) is 0 Å². The van der Waals surface area contributed by atoms with Crippen molar-refractivity contribution in [2.75, 3.05) is 19.6 Å². The number of nitrogens with zero attached hydrogens (tertiary/aromatic N) is 1. The van der Waals surface area contributed by atoms with Crippen LogP contribution in [0.1, 0.15) is 26.2 Å². The lowest BCUT2D eigenvalue weighted by atomic mass is 9.97. The summed E-state index contributed by atoms with van der Waals surface area (Å²) in [7, 11) is 0. The average molecular weight is 169 g/mol. The summed E-state index contributed by atoms with van der Waals surface area (Å²) in [6, 6.07) is 0. The van der Waals surface area contributed by atoms with Crippen LogP contribution in [0, 0.1) is 11.3 Å². The number of amidine groups is 1. The first-order valence-corrected chi connectivity index (χ1v) is 4.80. The fourth-order valence-corrected chi connectivity index (χ4v) is 1.83. The molecule has 3 N–H and O–H groups in total. The van der Waals surface area contributed by atoms with Crippen LogP contribution in [-0.4, -0.2) is 30.4 Å². The summed E-state index contributed by atoms with van der Waals surface area (Å²) in [5.41, 5.74) is 5.48. The van der Waals surface area contributed by atoms with Crippen molar-refractivity contribution in [1.82, 2.24) is 4.90 Å². The van der Waals surface area contributed by atoms with Gasteiger partial charge in [-0.3, -0.25) is 5.41 Å². The fraction of sp³-hybridized carbons (Fsp3) is 0.889. The summed E-state index contributed by atoms with van der Waals surface area (Å²) in [6.07, 6.45) is 3.50. The lowest BCUT2D eigenvalue weighted by Crippen LogP contribution is -2.41. The van der Waals surface area contributed by atoms with E-state index in [1.807, 2.05) is 0 Å². The molecule has 70 valence electrons. The second-order valence-corrected chi connectivity index (χ2v) is 3.60. The molecular formula is C9H19N3. The van der Waals surface area contributed by atoms with Crippen LogP contribution in [0.3, 0.4) is 0 Å². The van der Waals surface area contributed by atoms with Gasteiger partial charge in [0.2, 0.25) is 0 Å². The molecule has 1 atom stereocenters. The molecule has 1 heterocycles. The number of nitrogens with two attached hydrogens (primary N) is 1. The predicted molar refractivity (Wildman–Crippen MR) is 51.4 cm³/mol. The van der Waals surface area contributed by atoms with Gasteiger partial charge in [0.1, 0.15) is 0 Å². The SMILES string of the molecule is CCCN1CCCC(C(=N)N)C1. The molecule has 0 aliphatic carbocycles. The Hall–Kier alpha value is -0.570. The van der Waals surface area contributed by atoms with E-state index >= 15 is 0 Å². The molecule has 0 amide bonds. The maximum atomic E-state index is 7.36. The van der Waals surface area contributed by atoms with Crippen LogP contribution >= 0.6 is 0 Å². The Morgan fingerprint density at radius 2 is 2.42 bits per heavy atom. The van der Waals surface area contributed by atoms with Crippen molar-refractivity contribution in [3.8, 4) is 0 Å². The van der Waals surface area contributed by atoms with Crippen LogP contribution in [0.15, 0.2) is 0 Å². The van der Waals surface area contributed by atoms with Crippen molar-refractivity contribution in [2.24, 2.45) is 11.7 Å². The normalized spacial score (nSPS) is 25.6. The number of hydrogen-bond donors (Lipinski definition) is 2. The first-order valence-electron chi connectivity index (χ1n) is 4.80. The van der Waals surface area contributed by atoms with E-state index in [0.29, 0.717) is 11.8 Å². The maximum absolute atomic E-state index is 7.36. The second-order valence-electron chi connectivity index (χ2n) is 3.60. The minimum atomic E-state index is 0.324. The molecule has 1 fully saturated rings. The van der Waals surface area contributed by atoms with E-state index in [9.17, 15) is 0 Å². The van der Waals surface area contributed by atoms with Crippen molar-refractivity contribution in [1.29, 1.82) is 5.41 Å². The zero-order valence-corrected chi connectivity index (χ0v) is 7.84. The third-order valence-electron chi connectivity index (χ3n) is 2.49. The van der Waals surface area contributed by atoms with Gasteiger partial charge in [-0.05, 0) is 32.4 Å². The van der Waals surface area contributed by atoms with E-state index in [1.165, 1.54) is 19.4 Å². The van der Waals surface area contributed by atoms with E-state index in [4.69, 9.17) is 11.1 Å². The van der Waals surface area contributed by atoms with Crippen LogP contribution in [-0.2, 0) is 0 Å². The molecule has 3 nitrogen and oxygen atoms in total. The maximum Gasteiger partial charge on any atom is 0.0949 e. The van der Waals surface area contributed by atoms with Gasteiger partial charge in [-0.15, -0.1) is 0 Å². The summed E-state index contributed by atoms with van der Waals surface area (Å²) in [5, 5.41) is 7.36. The fourth-order valence-electron chi connectivity index (χ4n) is 1.83. The van der Waals surface area contributed by atoms with Crippen molar-refractivity contribution in [3.05, 3.63) is 0 Å². The first kappa shape index (κ1) is 9.52. The van der Waals surface area contributed by atoms with Gasteiger partial charge in [0, 0.05) is 12.5 Å². The molecule has 0 saturated carbocycles. The third-order valence-corrected chi connectivity index (χ3v) is 2.49. The number of hydrogen-bond acceptors (Lipinski definition) is 2. The Bertz CT molecular complexity index is 154. The second kappa shape index (κ2) is 4.45. The summed E-state index contributed by atoms with van der Waals surface area (Å²) in [6.45, 7) is 5.54. The van der Waals surface area contributed by atoms with Crippen molar-refractivity contribution >= 4 is 5.84 Å². The minimum absolute atomic E-state index is 0.324. The summed E-state index contributed by atoms with van der Waals surface area (Å²) in [5.74, 6) is 0.695. The smallest absolute Gasteiger partial charge is 0.0949 e. The number of nitrogens with one attached hydrogen (secondary N) is 1. The van der Waals surface area contributed by atoms with E-state index < -0.39 is 0 Å². The van der Waals surface area contributed by atoms with Gasteiger partial charge in [0.25, 0.3) is 0 Å². The topological polar surface area (TPSA) is 53.1 Å². The van der Waals surface area contributed by atoms with Gasteiger partial charge in [0.15, 0.2) is 0 Å². The highest BCUT2D eigenvalue weighted by Gasteiger charge is 2.20. The van der Waals surface area contributed by atoms with Crippen molar-refractivity contribution in [3.63, 3.8) is 0 Å². The van der Waals surface area contributed by atoms with Crippen LogP contribution in [0.25, 0.3) is 0 Å². The van der Waals surface area contributed by atoms with Crippen molar-refractivity contribution in [2.45, 2.75) is 26.2 Å². The largest absolute Gasteiger partial charge is 0.387 e. The van der Waals surface area contributed by atoms with E-state index in [0.717, 1.165) is 19.5 Å². The Morgan fingerprint density at radius 1 is 1.67 bits per heavy atom. The summed E-state index contributed by atoms with van der Waals surface area (Å²) < 4.78 is 0. The molecule has 0 aromatic carbocycles.